The van der Waals surface area contributed by atoms with Gasteiger partial charge in [0.15, 0.2) is 0 Å². The van der Waals surface area contributed by atoms with E-state index in [1.54, 1.807) is 6.07 Å². The van der Waals surface area contributed by atoms with E-state index >= 15 is 0 Å². The Morgan fingerprint density at radius 3 is 2.88 bits per heavy atom. The van der Waals surface area contributed by atoms with Crippen LogP contribution < -0.4 is 10.5 Å². The number of nitrogens with two attached hydrogens (primary N) is 1. The summed E-state index contributed by atoms with van der Waals surface area (Å²) in [4.78, 5) is 0. The maximum Gasteiger partial charge on any atom is 0.125 e. The van der Waals surface area contributed by atoms with Crippen LogP contribution in [0.1, 0.15) is 45.2 Å². The fourth-order valence-corrected chi connectivity index (χ4v) is 2.77. The van der Waals surface area contributed by atoms with Crippen molar-refractivity contribution in [2.75, 3.05) is 0 Å². The van der Waals surface area contributed by atoms with E-state index in [0.717, 1.165) is 24.2 Å². The maximum atomic E-state index is 13.2. The zero-order chi connectivity index (χ0) is 12.6. The van der Waals surface area contributed by atoms with E-state index in [1.807, 2.05) is 0 Å². The Hall–Kier alpha value is -1.09. The van der Waals surface area contributed by atoms with Gasteiger partial charge in [0.1, 0.15) is 17.2 Å². The molecule has 1 heterocycles. The van der Waals surface area contributed by atoms with E-state index in [9.17, 15) is 4.39 Å². The molecular weight excluding hydrogens is 217 g/mol. The van der Waals surface area contributed by atoms with Crippen LogP contribution in [0.3, 0.4) is 0 Å². The predicted octanol–water partition coefficient (Wildman–Crippen LogP) is 3.41. The molecule has 0 saturated heterocycles. The van der Waals surface area contributed by atoms with E-state index < -0.39 is 0 Å². The largest absolute Gasteiger partial charge is 0.487 e. The molecule has 0 aromatic heterocycles. The van der Waals surface area contributed by atoms with Crippen LogP contribution in [0, 0.1) is 11.7 Å². The summed E-state index contributed by atoms with van der Waals surface area (Å²) in [5, 5.41) is 0. The summed E-state index contributed by atoms with van der Waals surface area (Å²) in [5.74, 6) is 1.03. The lowest BCUT2D eigenvalue weighted by atomic mass is 9.83. The van der Waals surface area contributed by atoms with Gasteiger partial charge in [0.05, 0.1) is 0 Å². The van der Waals surface area contributed by atoms with Crippen LogP contribution in [0.5, 0.6) is 5.75 Å². The van der Waals surface area contributed by atoms with Gasteiger partial charge in [-0.15, -0.1) is 0 Å². The van der Waals surface area contributed by atoms with Crippen molar-refractivity contribution < 1.29 is 9.13 Å². The third-order valence-electron chi connectivity index (χ3n) is 3.22. The quantitative estimate of drug-likeness (QED) is 0.855. The minimum Gasteiger partial charge on any atom is -0.487 e. The molecule has 0 radical (unpaired) electrons. The van der Waals surface area contributed by atoms with Crippen molar-refractivity contribution >= 4 is 0 Å². The Kier molecular flexibility index (Phi) is 3.13. The monoisotopic (exact) mass is 237 g/mol. The molecule has 3 heteroatoms. The number of hydrogen-bond donors (Lipinski definition) is 1. The Bertz CT molecular complexity index is 419. The molecule has 2 rings (SSSR count). The average Bonchev–Trinajstić information content (AvgIpc) is 2.17. The number of rotatable bonds is 2. The Morgan fingerprint density at radius 1 is 1.53 bits per heavy atom. The lowest BCUT2D eigenvalue weighted by Crippen LogP contribution is -2.41. The van der Waals surface area contributed by atoms with Crippen LogP contribution in [0.15, 0.2) is 18.2 Å². The van der Waals surface area contributed by atoms with E-state index in [2.05, 4.69) is 20.8 Å². The summed E-state index contributed by atoms with van der Waals surface area (Å²) < 4.78 is 19.2. The van der Waals surface area contributed by atoms with Crippen LogP contribution >= 0.6 is 0 Å². The van der Waals surface area contributed by atoms with E-state index in [0.29, 0.717) is 5.92 Å². The first-order valence-corrected chi connectivity index (χ1v) is 6.14. The van der Waals surface area contributed by atoms with Gasteiger partial charge in [0.25, 0.3) is 0 Å². The molecule has 1 aliphatic heterocycles. The van der Waals surface area contributed by atoms with Crippen LogP contribution in [0.4, 0.5) is 4.39 Å². The summed E-state index contributed by atoms with van der Waals surface area (Å²) in [7, 11) is 0. The summed E-state index contributed by atoms with van der Waals surface area (Å²) in [6, 6.07) is 4.45. The SMILES string of the molecule is CC(C)CC1(C)C[C@@H](N)c2cc(F)ccc2O1. The van der Waals surface area contributed by atoms with Crippen molar-refractivity contribution in [3.05, 3.63) is 29.6 Å². The summed E-state index contributed by atoms with van der Waals surface area (Å²) in [5.41, 5.74) is 6.67. The Morgan fingerprint density at radius 2 is 2.24 bits per heavy atom. The van der Waals surface area contributed by atoms with Crippen LogP contribution in [0.2, 0.25) is 0 Å². The number of ether oxygens (including phenoxy) is 1. The highest BCUT2D eigenvalue weighted by Gasteiger charge is 2.36. The smallest absolute Gasteiger partial charge is 0.125 e. The molecule has 2 N–H and O–H groups in total. The molecule has 1 aromatic rings. The molecular formula is C14H20FNO. The second kappa shape index (κ2) is 4.30. The normalized spacial score (nSPS) is 27.8. The third kappa shape index (κ3) is 2.60. The molecule has 0 saturated carbocycles. The van der Waals surface area contributed by atoms with Gasteiger partial charge in [0.2, 0.25) is 0 Å². The molecule has 2 nitrogen and oxygen atoms in total. The van der Waals surface area contributed by atoms with Gasteiger partial charge in [-0.25, -0.2) is 4.39 Å². The number of benzene rings is 1. The minimum absolute atomic E-state index is 0.141. The van der Waals surface area contributed by atoms with Gasteiger partial charge in [0, 0.05) is 18.0 Å². The fraction of sp³-hybridized carbons (Fsp3) is 0.571. The molecule has 1 aromatic carbocycles. The first-order chi connectivity index (χ1) is 7.89. The third-order valence-corrected chi connectivity index (χ3v) is 3.22. The van der Waals surface area contributed by atoms with Crippen molar-refractivity contribution in [3.63, 3.8) is 0 Å². The van der Waals surface area contributed by atoms with Crippen molar-refractivity contribution in [2.45, 2.75) is 45.3 Å². The van der Waals surface area contributed by atoms with Crippen LogP contribution in [-0.2, 0) is 0 Å². The Balaban J connectivity index is 2.30. The van der Waals surface area contributed by atoms with Gasteiger partial charge in [-0.05, 0) is 37.5 Å². The molecule has 17 heavy (non-hydrogen) atoms. The van der Waals surface area contributed by atoms with E-state index in [1.165, 1.54) is 12.1 Å². The van der Waals surface area contributed by atoms with Gasteiger partial charge >= 0.3 is 0 Å². The minimum atomic E-state index is -0.254. The zero-order valence-corrected chi connectivity index (χ0v) is 10.7. The highest BCUT2D eigenvalue weighted by Crippen LogP contribution is 2.41. The summed E-state index contributed by atoms with van der Waals surface area (Å²) in [6.45, 7) is 6.42. The molecule has 1 unspecified atom stereocenters. The summed E-state index contributed by atoms with van der Waals surface area (Å²) >= 11 is 0. The van der Waals surface area contributed by atoms with Crippen LogP contribution in [-0.4, -0.2) is 5.60 Å². The topological polar surface area (TPSA) is 35.2 Å². The van der Waals surface area contributed by atoms with Gasteiger partial charge in [-0.2, -0.15) is 0 Å². The molecule has 0 aliphatic carbocycles. The lowest BCUT2D eigenvalue weighted by molar-refractivity contribution is 0.0339. The highest BCUT2D eigenvalue weighted by atomic mass is 19.1. The Labute approximate surface area is 102 Å². The van der Waals surface area contributed by atoms with Crippen molar-refractivity contribution in [1.29, 1.82) is 0 Å². The molecule has 1 aliphatic rings. The van der Waals surface area contributed by atoms with Crippen molar-refractivity contribution in [2.24, 2.45) is 11.7 Å². The lowest BCUT2D eigenvalue weighted by Gasteiger charge is -2.39. The van der Waals surface area contributed by atoms with Crippen LogP contribution in [0.25, 0.3) is 0 Å². The maximum absolute atomic E-state index is 13.2. The number of fused-ring (bicyclic) bond motifs is 1. The molecule has 2 atom stereocenters. The first-order valence-electron chi connectivity index (χ1n) is 6.14. The molecule has 0 bridgehead atoms. The van der Waals surface area contributed by atoms with E-state index in [-0.39, 0.29) is 17.5 Å². The standard InChI is InChI=1S/C14H20FNO/c1-9(2)7-14(3)8-12(16)11-6-10(15)4-5-13(11)17-14/h4-6,9,12H,7-8,16H2,1-3H3/t12-,14?/m1/s1. The molecule has 94 valence electrons. The average molecular weight is 237 g/mol. The zero-order valence-electron chi connectivity index (χ0n) is 10.7. The number of hydrogen-bond acceptors (Lipinski definition) is 2. The summed E-state index contributed by atoms with van der Waals surface area (Å²) in [6.07, 6.45) is 1.69. The fourth-order valence-electron chi connectivity index (χ4n) is 2.77. The van der Waals surface area contributed by atoms with Gasteiger partial charge in [-0.1, -0.05) is 13.8 Å². The van der Waals surface area contributed by atoms with Crippen molar-refractivity contribution in [3.8, 4) is 5.75 Å². The van der Waals surface area contributed by atoms with E-state index in [4.69, 9.17) is 10.5 Å². The second-order valence-corrected chi connectivity index (χ2v) is 5.64. The van der Waals surface area contributed by atoms with Gasteiger partial charge < -0.3 is 10.5 Å². The molecule has 0 amide bonds. The van der Waals surface area contributed by atoms with Gasteiger partial charge in [-0.3, -0.25) is 0 Å². The molecule has 0 spiro atoms. The predicted molar refractivity (Wildman–Crippen MR) is 66.4 cm³/mol. The molecule has 0 fully saturated rings. The number of halogens is 1. The second-order valence-electron chi connectivity index (χ2n) is 5.64. The first kappa shape index (κ1) is 12.4. The highest BCUT2D eigenvalue weighted by molar-refractivity contribution is 5.39. The van der Waals surface area contributed by atoms with Crippen molar-refractivity contribution in [1.82, 2.24) is 0 Å².